The average Bonchev–Trinajstić information content (AvgIpc) is 2.81. The van der Waals surface area contributed by atoms with E-state index in [1.165, 1.54) is 30.4 Å². The van der Waals surface area contributed by atoms with Gasteiger partial charge < -0.3 is 9.84 Å². The van der Waals surface area contributed by atoms with E-state index < -0.39 is 5.97 Å². The van der Waals surface area contributed by atoms with Crippen LogP contribution in [0.2, 0.25) is 0 Å². The van der Waals surface area contributed by atoms with E-state index >= 15 is 0 Å². The van der Waals surface area contributed by atoms with Gasteiger partial charge in [0.25, 0.3) is 0 Å². The molecule has 0 saturated carbocycles. The van der Waals surface area contributed by atoms with Gasteiger partial charge in [-0.1, -0.05) is 17.8 Å². The Labute approximate surface area is 118 Å². The molecule has 5 nitrogen and oxygen atoms in total. The number of benzene rings is 1. The first-order valence-electron chi connectivity index (χ1n) is 5.43. The summed E-state index contributed by atoms with van der Waals surface area (Å²) >= 11 is 2.89. The van der Waals surface area contributed by atoms with Gasteiger partial charge in [0.05, 0.1) is 7.11 Å². The van der Waals surface area contributed by atoms with Gasteiger partial charge in [0, 0.05) is 5.75 Å². The van der Waals surface area contributed by atoms with Crippen LogP contribution in [0, 0.1) is 6.92 Å². The number of hydrogen-bond donors (Lipinski definition) is 1. The molecule has 0 amide bonds. The van der Waals surface area contributed by atoms with Gasteiger partial charge >= 0.3 is 5.97 Å². The quantitative estimate of drug-likeness (QED) is 0.855. The Balaban J connectivity index is 2.12. The summed E-state index contributed by atoms with van der Waals surface area (Å²) < 4.78 is 10.00. The summed E-state index contributed by atoms with van der Waals surface area (Å²) in [5, 5.41) is 9.10. The number of nitrogens with zero attached hydrogens (tertiary/aromatic N) is 2. The number of aromatic carboxylic acids is 1. The zero-order valence-electron chi connectivity index (χ0n) is 10.4. The first-order valence-corrected chi connectivity index (χ1v) is 7.19. The number of carboxylic acid groups (broad SMARTS) is 1. The SMILES string of the molecule is COc1ccc(CSc2nc(C)ns2)cc1C(=O)O. The number of rotatable bonds is 5. The molecule has 1 N–H and O–H groups in total. The van der Waals surface area contributed by atoms with Crippen molar-refractivity contribution >= 4 is 29.3 Å². The van der Waals surface area contributed by atoms with Gasteiger partial charge in [0.1, 0.15) is 17.1 Å². The summed E-state index contributed by atoms with van der Waals surface area (Å²) in [7, 11) is 1.46. The monoisotopic (exact) mass is 296 g/mol. The van der Waals surface area contributed by atoms with Crippen LogP contribution < -0.4 is 4.74 Å². The molecule has 0 radical (unpaired) electrons. The predicted octanol–water partition coefficient (Wildman–Crippen LogP) is 2.85. The molecule has 0 bridgehead atoms. The van der Waals surface area contributed by atoms with Gasteiger partial charge in [-0.25, -0.2) is 9.78 Å². The maximum Gasteiger partial charge on any atom is 0.339 e. The van der Waals surface area contributed by atoms with Crippen LogP contribution in [-0.4, -0.2) is 27.5 Å². The molecule has 19 heavy (non-hydrogen) atoms. The van der Waals surface area contributed by atoms with Crippen LogP contribution in [0.1, 0.15) is 21.7 Å². The summed E-state index contributed by atoms with van der Waals surface area (Å²) in [6, 6.07) is 5.15. The van der Waals surface area contributed by atoms with Crippen molar-refractivity contribution in [2.45, 2.75) is 17.0 Å². The molecular weight excluding hydrogens is 284 g/mol. The molecule has 0 unspecified atom stereocenters. The number of ether oxygens (including phenoxy) is 1. The molecule has 7 heteroatoms. The maximum absolute atomic E-state index is 11.1. The van der Waals surface area contributed by atoms with Crippen molar-refractivity contribution in [2.75, 3.05) is 7.11 Å². The second kappa shape index (κ2) is 6.03. The van der Waals surface area contributed by atoms with E-state index in [0.29, 0.717) is 11.5 Å². The Morgan fingerprint density at radius 2 is 2.32 bits per heavy atom. The lowest BCUT2D eigenvalue weighted by molar-refractivity contribution is 0.0693. The second-order valence-corrected chi connectivity index (χ2v) is 5.71. The fraction of sp³-hybridized carbons (Fsp3) is 0.250. The number of aromatic nitrogens is 2. The highest BCUT2D eigenvalue weighted by molar-refractivity contribution is 8.00. The number of carboxylic acids is 1. The van der Waals surface area contributed by atoms with Crippen LogP contribution in [0.5, 0.6) is 5.75 Å². The van der Waals surface area contributed by atoms with Gasteiger partial charge in [-0.2, -0.15) is 4.37 Å². The molecule has 2 rings (SSSR count). The average molecular weight is 296 g/mol. The summed E-state index contributed by atoms with van der Waals surface area (Å²) in [4.78, 5) is 15.3. The van der Waals surface area contributed by atoms with Crippen molar-refractivity contribution in [1.29, 1.82) is 0 Å². The van der Waals surface area contributed by atoms with Crippen molar-refractivity contribution in [1.82, 2.24) is 9.36 Å². The molecule has 0 aliphatic carbocycles. The Morgan fingerprint density at radius 1 is 1.53 bits per heavy atom. The van der Waals surface area contributed by atoms with Gasteiger partial charge in [-0.15, -0.1) is 0 Å². The standard InChI is InChI=1S/C12H12N2O3S2/c1-7-13-12(19-14-7)18-6-8-3-4-10(17-2)9(5-8)11(15)16/h3-5H,6H2,1-2H3,(H,15,16). The second-order valence-electron chi connectivity index (χ2n) is 3.74. The van der Waals surface area contributed by atoms with E-state index in [1.807, 2.05) is 13.0 Å². The van der Waals surface area contributed by atoms with Crippen LogP contribution in [0.25, 0.3) is 0 Å². The molecule has 0 saturated heterocycles. The smallest absolute Gasteiger partial charge is 0.339 e. The Bertz CT molecular complexity index is 598. The molecule has 0 fully saturated rings. The third kappa shape index (κ3) is 3.45. The summed E-state index contributed by atoms with van der Waals surface area (Å²) in [6.45, 7) is 1.84. The minimum absolute atomic E-state index is 0.175. The van der Waals surface area contributed by atoms with Crippen molar-refractivity contribution in [3.05, 3.63) is 35.2 Å². The third-order valence-corrected chi connectivity index (χ3v) is 4.36. The summed E-state index contributed by atoms with van der Waals surface area (Å²) in [5.74, 6) is 0.788. The molecule has 0 aliphatic rings. The Hall–Kier alpha value is -1.60. The van der Waals surface area contributed by atoms with Gasteiger partial charge in [0.2, 0.25) is 0 Å². The molecule has 0 atom stereocenters. The van der Waals surface area contributed by atoms with Crippen molar-refractivity contribution in [2.24, 2.45) is 0 Å². The normalized spacial score (nSPS) is 10.4. The van der Waals surface area contributed by atoms with Gasteiger partial charge in [0.15, 0.2) is 4.34 Å². The van der Waals surface area contributed by atoms with Crippen LogP contribution in [0.4, 0.5) is 0 Å². The zero-order valence-corrected chi connectivity index (χ0v) is 12.0. The van der Waals surface area contributed by atoms with Crippen LogP contribution in [-0.2, 0) is 5.75 Å². The first kappa shape index (κ1) is 13.8. The predicted molar refractivity (Wildman–Crippen MR) is 74.2 cm³/mol. The number of thioether (sulfide) groups is 1. The van der Waals surface area contributed by atoms with E-state index in [9.17, 15) is 4.79 Å². The maximum atomic E-state index is 11.1. The largest absolute Gasteiger partial charge is 0.496 e. The molecule has 1 aromatic heterocycles. The van der Waals surface area contributed by atoms with Crippen molar-refractivity contribution in [3.8, 4) is 5.75 Å². The van der Waals surface area contributed by atoms with Gasteiger partial charge in [-0.3, -0.25) is 0 Å². The molecule has 2 aromatic rings. The minimum Gasteiger partial charge on any atom is -0.496 e. The fourth-order valence-corrected chi connectivity index (χ4v) is 3.08. The molecule has 0 aliphatic heterocycles. The van der Waals surface area contributed by atoms with E-state index in [-0.39, 0.29) is 5.56 Å². The zero-order chi connectivity index (χ0) is 13.8. The Kier molecular flexibility index (Phi) is 4.39. The molecule has 100 valence electrons. The highest BCUT2D eigenvalue weighted by Crippen LogP contribution is 2.27. The van der Waals surface area contributed by atoms with Gasteiger partial charge in [-0.05, 0) is 36.2 Å². The highest BCUT2D eigenvalue weighted by Gasteiger charge is 2.12. The molecule has 1 aromatic carbocycles. The van der Waals surface area contributed by atoms with Crippen molar-refractivity contribution in [3.63, 3.8) is 0 Å². The van der Waals surface area contributed by atoms with E-state index in [4.69, 9.17) is 9.84 Å². The van der Waals surface area contributed by atoms with Crippen LogP contribution in [0.15, 0.2) is 22.5 Å². The highest BCUT2D eigenvalue weighted by atomic mass is 32.2. The first-order chi connectivity index (χ1) is 9.10. The molecule has 0 spiro atoms. The molecule has 1 heterocycles. The topological polar surface area (TPSA) is 72.3 Å². The number of methoxy groups -OCH3 is 1. The minimum atomic E-state index is -0.990. The van der Waals surface area contributed by atoms with Crippen LogP contribution >= 0.6 is 23.3 Å². The van der Waals surface area contributed by atoms with E-state index in [0.717, 1.165) is 15.7 Å². The lowest BCUT2D eigenvalue weighted by atomic mass is 10.1. The van der Waals surface area contributed by atoms with E-state index in [2.05, 4.69) is 9.36 Å². The van der Waals surface area contributed by atoms with Crippen molar-refractivity contribution < 1.29 is 14.6 Å². The van der Waals surface area contributed by atoms with Crippen LogP contribution in [0.3, 0.4) is 0 Å². The summed E-state index contributed by atoms with van der Waals surface area (Å²) in [6.07, 6.45) is 0. The number of aryl methyl sites for hydroxylation is 1. The summed E-state index contributed by atoms with van der Waals surface area (Å²) in [5.41, 5.74) is 1.09. The van der Waals surface area contributed by atoms with E-state index in [1.54, 1.807) is 12.1 Å². The fourth-order valence-electron chi connectivity index (χ4n) is 1.49. The number of carbonyl (C=O) groups is 1. The Morgan fingerprint density at radius 3 is 2.89 bits per heavy atom. The molecular formula is C12H12N2O3S2. The lowest BCUT2D eigenvalue weighted by Gasteiger charge is -2.06. The lowest BCUT2D eigenvalue weighted by Crippen LogP contribution is -2.01. The third-order valence-electron chi connectivity index (χ3n) is 2.37. The number of hydrogen-bond acceptors (Lipinski definition) is 6.